The summed E-state index contributed by atoms with van der Waals surface area (Å²) in [5.74, 6) is 0. The van der Waals surface area contributed by atoms with E-state index in [1.807, 2.05) is 6.92 Å². The first kappa shape index (κ1) is 19.1. The SMILES string of the molecule is Cc1ccc(S(=O)(=O)N(c2cc(Cl)cc(Cl)c2)C(C)C(=O)Cl)cc1. The Labute approximate surface area is 156 Å². The van der Waals surface area contributed by atoms with Crippen molar-refractivity contribution in [2.75, 3.05) is 4.31 Å². The average molecular weight is 407 g/mol. The van der Waals surface area contributed by atoms with E-state index in [9.17, 15) is 13.2 Å². The van der Waals surface area contributed by atoms with Gasteiger partial charge in [-0.05, 0) is 55.8 Å². The third kappa shape index (κ3) is 4.03. The molecule has 0 aliphatic heterocycles. The minimum atomic E-state index is -4.04. The molecule has 0 amide bonds. The van der Waals surface area contributed by atoms with E-state index in [0.717, 1.165) is 9.87 Å². The van der Waals surface area contributed by atoms with E-state index in [-0.39, 0.29) is 20.6 Å². The Kier molecular flexibility index (Phi) is 5.81. The zero-order chi connectivity index (χ0) is 18.1. The lowest BCUT2D eigenvalue weighted by Crippen LogP contribution is -2.42. The highest BCUT2D eigenvalue weighted by atomic mass is 35.5. The summed E-state index contributed by atoms with van der Waals surface area (Å²) in [6, 6.07) is 9.44. The van der Waals surface area contributed by atoms with E-state index in [1.54, 1.807) is 12.1 Å². The molecule has 0 N–H and O–H groups in total. The van der Waals surface area contributed by atoms with Gasteiger partial charge in [0.1, 0.15) is 6.04 Å². The Bertz CT molecular complexity index is 846. The van der Waals surface area contributed by atoms with Gasteiger partial charge in [-0.1, -0.05) is 40.9 Å². The molecule has 1 atom stereocenters. The molecule has 0 aromatic heterocycles. The number of benzene rings is 2. The number of rotatable bonds is 5. The van der Waals surface area contributed by atoms with Crippen LogP contribution in [0.2, 0.25) is 10.0 Å². The fourth-order valence-corrected chi connectivity index (χ4v) is 4.43. The molecule has 2 aromatic rings. The van der Waals surface area contributed by atoms with Gasteiger partial charge >= 0.3 is 0 Å². The van der Waals surface area contributed by atoms with Crippen molar-refractivity contribution >= 4 is 55.8 Å². The average Bonchev–Trinajstić information content (AvgIpc) is 2.46. The largest absolute Gasteiger partial charge is 0.279 e. The molecule has 4 nitrogen and oxygen atoms in total. The molecule has 2 aromatic carbocycles. The molecule has 0 bridgehead atoms. The number of anilines is 1. The second kappa shape index (κ2) is 7.31. The molecular formula is C16H14Cl3NO3S. The van der Waals surface area contributed by atoms with Crippen molar-refractivity contribution in [3.63, 3.8) is 0 Å². The van der Waals surface area contributed by atoms with Gasteiger partial charge < -0.3 is 0 Å². The van der Waals surface area contributed by atoms with E-state index in [4.69, 9.17) is 34.8 Å². The van der Waals surface area contributed by atoms with Crippen LogP contribution in [0.1, 0.15) is 12.5 Å². The number of carbonyl (C=O) groups is 1. The number of hydrogen-bond donors (Lipinski definition) is 0. The Morgan fingerprint density at radius 1 is 1.04 bits per heavy atom. The third-order valence-electron chi connectivity index (χ3n) is 3.36. The molecule has 24 heavy (non-hydrogen) atoms. The lowest BCUT2D eigenvalue weighted by Gasteiger charge is -2.28. The first-order valence-electron chi connectivity index (χ1n) is 6.89. The summed E-state index contributed by atoms with van der Waals surface area (Å²) < 4.78 is 27.0. The first-order chi connectivity index (χ1) is 11.1. The van der Waals surface area contributed by atoms with Crippen LogP contribution in [0, 0.1) is 6.92 Å². The number of sulfonamides is 1. The van der Waals surface area contributed by atoms with Crippen molar-refractivity contribution in [2.24, 2.45) is 0 Å². The molecular weight excluding hydrogens is 393 g/mol. The molecule has 2 rings (SSSR count). The van der Waals surface area contributed by atoms with Crippen LogP contribution in [0.25, 0.3) is 0 Å². The Balaban J connectivity index is 2.66. The molecule has 128 valence electrons. The Hall–Kier alpha value is -1.27. The van der Waals surface area contributed by atoms with Crippen LogP contribution >= 0.6 is 34.8 Å². The van der Waals surface area contributed by atoms with Gasteiger partial charge in [-0.3, -0.25) is 9.10 Å². The molecule has 0 aliphatic carbocycles. The van der Waals surface area contributed by atoms with E-state index in [1.165, 1.54) is 37.3 Å². The van der Waals surface area contributed by atoms with E-state index < -0.39 is 21.3 Å². The Morgan fingerprint density at radius 3 is 2.00 bits per heavy atom. The quantitative estimate of drug-likeness (QED) is 0.679. The van der Waals surface area contributed by atoms with Crippen molar-refractivity contribution in [1.82, 2.24) is 0 Å². The summed E-state index contributed by atoms with van der Waals surface area (Å²) in [6.07, 6.45) is 0. The number of nitrogens with zero attached hydrogens (tertiary/aromatic N) is 1. The van der Waals surface area contributed by atoms with Crippen molar-refractivity contribution in [3.05, 3.63) is 58.1 Å². The molecule has 8 heteroatoms. The normalized spacial score (nSPS) is 12.7. The van der Waals surface area contributed by atoms with Gasteiger partial charge in [0, 0.05) is 10.0 Å². The zero-order valence-corrected chi connectivity index (χ0v) is 15.9. The maximum atomic E-state index is 13.0. The highest BCUT2D eigenvalue weighted by molar-refractivity contribution is 7.93. The first-order valence-corrected chi connectivity index (χ1v) is 9.47. The fraction of sp³-hybridized carbons (Fsp3) is 0.188. The van der Waals surface area contributed by atoms with Crippen LogP contribution < -0.4 is 4.31 Å². The standard InChI is InChI=1S/C16H14Cl3NO3S/c1-10-3-5-15(6-4-10)24(22,23)20(11(2)16(19)21)14-8-12(17)7-13(18)9-14/h3-9,11H,1-2H3. The van der Waals surface area contributed by atoms with Crippen LogP contribution in [0.3, 0.4) is 0 Å². The zero-order valence-electron chi connectivity index (χ0n) is 12.8. The van der Waals surface area contributed by atoms with Crippen LogP contribution in [0.15, 0.2) is 47.4 Å². The molecule has 0 saturated heterocycles. The lowest BCUT2D eigenvalue weighted by molar-refractivity contribution is -0.112. The highest BCUT2D eigenvalue weighted by Crippen LogP contribution is 2.32. The van der Waals surface area contributed by atoms with Crippen LogP contribution in [0.5, 0.6) is 0 Å². The van der Waals surface area contributed by atoms with Gasteiger partial charge in [0.05, 0.1) is 10.6 Å². The maximum absolute atomic E-state index is 13.0. The summed E-state index contributed by atoms with van der Waals surface area (Å²) in [5, 5.41) is -0.326. The van der Waals surface area contributed by atoms with E-state index in [2.05, 4.69) is 0 Å². The molecule has 0 radical (unpaired) electrons. The fourth-order valence-electron chi connectivity index (χ4n) is 2.15. The molecule has 0 aliphatic rings. The van der Waals surface area contributed by atoms with Crippen LogP contribution in [0.4, 0.5) is 5.69 Å². The van der Waals surface area contributed by atoms with E-state index >= 15 is 0 Å². The molecule has 0 fully saturated rings. The summed E-state index contributed by atoms with van der Waals surface area (Å²) in [5.41, 5.74) is 1.07. The number of halogens is 3. The van der Waals surface area contributed by atoms with Gasteiger partial charge in [-0.15, -0.1) is 0 Å². The lowest BCUT2D eigenvalue weighted by atomic mass is 10.2. The topological polar surface area (TPSA) is 54.5 Å². The summed E-state index contributed by atoms with van der Waals surface area (Å²) in [4.78, 5) is 11.7. The predicted octanol–water partition coefficient (Wildman–Crippen LogP) is 4.65. The van der Waals surface area contributed by atoms with Crippen molar-refractivity contribution in [3.8, 4) is 0 Å². The van der Waals surface area contributed by atoms with Gasteiger partial charge in [-0.25, -0.2) is 8.42 Å². The van der Waals surface area contributed by atoms with Crippen molar-refractivity contribution in [1.29, 1.82) is 0 Å². The van der Waals surface area contributed by atoms with Gasteiger partial charge in [0.25, 0.3) is 10.0 Å². The second-order valence-electron chi connectivity index (χ2n) is 5.22. The number of aryl methyl sites for hydroxylation is 1. The molecule has 1 unspecified atom stereocenters. The monoisotopic (exact) mass is 405 g/mol. The maximum Gasteiger partial charge on any atom is 0.265 e. The highest BCUT2D eigenvalue weighted by Gasteiger charge is 2.33. The molecule has 0 heterocycles. The van der Waals surface area contributed by atoms with Gasteiger partial charge in [0.2, 0.25) is 5.24 Å². The predicted molar refractivity (Wildman–Crippen MR) is 97.6 cm³/mol. The Morgan fingerprint density at radius 2 is 1.54 bits per heavy atom. The van der Waals surface area contributed by atoms with Gasteiger partial charge in [-0.2, -0.15) is 0 Å². The number of hydrogen-bond acceptors (Lipinski definition) is 3. The third-order valence-corrected chi connectivity index (χ3v) is 6.02. The second-order valence-corrected chi connectivity index (χ2v) is 8.28. The van der Waals surface area contributed by atoms with E-state index in [0.29, 0.717) is 0 Å². The van der Waals surface area contributed by atoms with Crippen LogP contribution in [-0.4, -0.2) is 19.7 Å². The minimum absolute atomic E-state index is 0.0361. The summed E-state index contributed by atoms with van der Waals surface area (Å²) in [6.45, 7) is 3.24. The number of carbonyl (C=O) groups excluding carboxylic acids is 1. The van der Waals surface area contributed by atoms with Crippen LogP contribution in [-0.2, 0) is 14.8 Å². The smallest absolute Gasteiger partial charge is 0.265 e. The molecule has 0 saturated carbocycles. The van der Waals surface area contributed by atoms with Crippen molar-refractivity contribution in [2.45, 2.75) is 24.8 Å². The molecule has 0 spiro atoms. The van der Waals surface area contributed by atoms with Crippen molar-refractivity contribution < 1.29 is 13.2 Å². The summed E-state index contributed by atoms with van der Waals surface area (Å²) in [7, 11) is -4.04. The van der Waals surface area contributed by atoms with Gasteiger partial charge in [0.15, 0.2) is 0 Å². The summed E-state index contributed by atoms with van der Waals surface area (Å²) >= 11 is 17.5. The minimum Gasteiger partial charge on any atom is -0.279 e.